The van der Waals surface area contributed by atoms with Crippen molar-refractivity contribution in [1.82, 2.24) is 4.90 Å². The summed E-state index contributed by atoms with van der Waals surface area (Å²) in [5.41, 5.74) is 3.38. The highest BCUT2D eigenvalue weighted by Crippen LogP contribution is 2.18. The van der Waals surface area contributed by atoms with Crippen molar-refractivity contribution in [3.05, 3.63) is 108 Å². The zero-order valence-corrected chi connectivity index (χ0v) is 18.1. The first-order chi connectivity index (χ1) is 15.2. The van der Waals surface area contributed by atoms with E-state index in [1.807, 2.05) is 73.7 Å². The maximum absolute atomic E-state index is 13.2. The Balaban J connectivity index is 1.88. The summed E-state index contributed by atoms with van der Waals surface area (Å²) in [6.07, 6.45) is 0.562. The lowest BCUT2D eigenvalue weighted by Crippen LogP contribution is -2.43. The van der Waals surface area contributed by atoms with E-state index in [4.69, 9.17) is 4.74 Å². The van der Waals surface area contributed by atoms with Crippen LogP contribution < -0.4 is 0 Å². The van der Waals surface area contributed by atoms with Gasteiger partial charge in [0.1, 0.15) is 6.04 Å². The second-order valence-electron chi connectivity index (χ2n) is 8.00. The van der Waals surface area contributed by atoms with Gasteiger partial charge in [-0.3, -0.25) is 9.69 Å². The van der Waals surface area contributed by atoms with Crippen LogP contribution in [0.1, 0.15) is 23.6 Å². The van der Waals surface area contributed by atoms with Gasteiger partial charge in [-0.1, -0.05) is 97.9 Å². The summed E-state index contributed by atoms with van der Waals surface area (Å²) in [7, 11) is 0. The van der Waals surface area contributed by atoms with Gasteiger partial charge in [0.05, 0.1) is 6.61 Å². The number of rotatable bonds is 11. The molecule has 0 aromatic heterocycles. The number of aliphatic hydroxyl groups is 1. The highest BCUT2D eigenvalue weighted by Gasteiger charge is 2.28. The number of nitrogens with zero attached hydrogens (tertiary/aromatic N) is 1. The molecule has 1 N–H and O–H groups in total. The lowest BCUT2D eigenvalue weighted by Gasteiger charge is -2.31. The van der Waals surface area contributed by atoms with Gasteiger partial charge in [-0.05, 0) is 23.1 Å². The molecule has 0 saturated carbocycles. The number of ether oxygens (including phenoxy) is 1. The molecule has 0 aliphatic carbocycles. The Morgan fingerprint density at radius 2 is 1.26 bits per heavy atom. The Labute approximate surface area is 185 Å². The minimum Gasteiger partial charge on any atom is -0.464 e. The standard InChI is InChI=1S/C27H31NO3/c1-22(20-29)21-31-27(30)26(17-23-11-5-2-6-12-23)28(18-24-13-7-3-8-14-24)19-25-15-9-4-10-16-25/h2-16,22,26,29H,17-21H2,1H3/t22-,26?/m1/s1. The molecule has 162 valence electrons. The first kappa shape index (κ1) is 22.7. The van der Waals surface area contributed by atoms with Crippen molar-refractivity contribution in [2.24, 2.45) is 5.92 Å². The van der Waals surface area contributed by atoms with E-state index in [0.29, 0.717) is 19.5 Å². The topological polar surface area (TPSA) is 49.8 Å². The van der Waals surface area contributed by atoms with Crippen LogP contribution in [0.5, 0.6) is 0 Å². The van der Waals surface area contributed by atoms with Crippen LogP contribution in [0.2, 0.25) is 0 Å². The molecular formula is C27H31NO3. The molecule has 0 aliphatic rings. The zero-order chi connectivity index (χ0) is 21.9. The average molecular weight is 418 g/mol. The minimum atomic E-state index is -0.436. The van der Waals surface area contributed by atoms with Crippen molar-refractivity contribution in [3.8, 4) is 0 Å². The van der Waals surface area contributed by atoms with Gasteiger partial charge in [0.15, 0.2) is 0 Å². The Bertz CT molecular complexity index is 858. The number of carbonyl (C=O) groups is 1. The van der Waals surface area contributed by atoms with Crippen LogP contribution >= 0.6 is 0 Å². The third-order valence-corrected chi connectivity index (χ3v) is 5.26. The summed E-state index contributed by atoms with van der Waals surface area (Å²) in [6.45, 7) is 3.35. The van der Waals surface area contributed by atoms with E-state index in [-0.39, 0.29) is 25.1 Å². The largest absolute Gasteiger partial charge is 0.464 e. The summed E-state index contributed by atoms with van der Waals surface area (Å²) in [4.78, 5) is 15.4. The normalized spacial score (nSPS) is 13.0. The summed E-state index contributed by atoms with van der Waals surface area (Å²) < 4.78 is 5.64. The predicted octanol–water partition coefficient (Wildman–Crippen LogP) is 4.47. The van der Waals surface area contributed by atoms with Gasteiger partial charge in [0.25, 0.3) is 0 Å². The SMILES string of the molecule is C[C@H](CO)COC(=O)C(Cc1ccccc1)N(Cc1ccccc1)Cc1ccccc1. The lowest BCUT2D eigenvalue weighted by molar-refractivity contribution is -0.152. The molecule has 0 radical (unpaired) electrons. The fraction of sp³-hybridized carbons (Fsp3) is 0.296. The second kappa shape index (κ2) is 12.0. The van der Waals surface area contributed by atoms with E-state index < -0.39 is 6.04 Å². The molecule has 0 heterocycles. The maximum Gasteiger partial charge on any atom is 0.323 e. The third kappa shape index (κ3) is 7.35. The molecule has 3 aromatic carbocycles. The van der Waals surface area contributed by atoms with Gasteiger partial charge in [-0.2, -0.15) is 0 Å². The second-order valence-corrected chi connectivity index (χ2v) is 8.00. The van der Waals surface area contributed by atoms with Crippen LogP contribution in [0.25, 0.3) is 0 Å². The van der Waals surface area contributed by atoms with Crippen molar-refractivity contribution >= 4 is 5.97 Å². The van der Waals surface area contributed by atoms with Gasteiger partial charge >= 0.3 is 5.97 Å². The number of esters is 1. The number of hydrogen-bond acceptors (Lipinski definition) is 4. The van der Waals surface area contributed by atoms with Crippen molar-refractivity contribution in [1.29, 1.82) is 0 Å². The summed E-state index contributed by atoms with van der Waals surface area (Å²) in [5.74, 6) is -0.339. The maximum atomic E-state index is 13.2. The Hall–Kier alpha value is -2.95. The van der Waals surface area contributed by atoms with E-state index >= 15 is 0 Å². The van der Waals surface area contributed by atoms with E-state index in [1.54, 1.807) is 0 Å². The molecule has 0 fully saturated rings. The Morgan fingerprint density at radius 1 is 0.806 bits per heavy atom. The zero-order valence-electron chi connectivity index (χ0n) is 18.1. The first-order valence-electron chi connectivity index (χ1n) is 10.8. The Morgan fingerprint density at radius 3 is 1.71 bits per heavy atom. The fourth-order valence-corrected chi connectivity index (χ4v) is 3.48. The minimum absolute atomic E-state index is 0.00558. The quantitative estimate of drug-likeness (QED) is 0.468. The van der Waals surface area contributed by atoms with Crippen LogP contribution in [0.4, 0.5) is 0 Å². The molecular weight excluding hydrogens is 386 g/mol. The molecule has 3 aromatic rings. The molecule has 4 nitrogen and oxygen atoms in total. The van der Waals surface area contributed by atoms with Crippen molar-refractivity contribution in [3.63, 3.8) is 0 Å². The summed E-state index contributed by atoms with van der Waals surface area (Å²) >= 11 is 0. The van der Waals surface area contributed by atoms with E-state index in [2.05, 4.69) is 29.2 Å². The number of aliphatic hydroxyl groups excluding tert-OH is 1. The van der Waals surface area contributed by atoms with Gasteiger partial charge in [0, 0.05) is 25.6 Å². The molecule has 0 saturated heterocycles. The van der Waals surface area contributed by atoms with Crippen LogP contribution in [-0.4, -0.2) is 35.2 Å². The molecule has 3 rings (SSSR count). The van der Waals surface area contributed by atoms with E-state index in [0.717, 1.165) is 16.7 Å². The Kier molecular flexibility index (Phi) is 8.83. The highest BCUT2D eigenvalue weighted by atomic mass is 16.5. The van der Waals surface area contributed by atoms with Crippen LogP contribution in [0, 0.1) is 5.92 Å². The first-order valence-corrected chi connectivity index (χ1v) is 10.8. The molecule has 0 bridgehead atoms. The smallest absolute Gasteiger partial charge is 0.323 e. The van der Waals surface area contributed by atoms with Crippen LogP contribution in [0.3, 0.4) is 0 Å². The number of benzene rings is 3. The van der Waals surface area contributed by atoms with Crippen LogP contribution in [-0.2, 0) is 29.0 Å². The predicted molar refractivity (Wildman–Crippen MR) is 123 cm³/mol. The van der Waals surface area contributed by atoms with Crippen molar-refractivity contribution < 1.29 is 14.6 Å². The van der Waals surface area contributed by atoms with E-state index in [1.165, 1.54) is 0 Å². The average Bonchev–Trinajstić information content (AvgIpc) is 2.82. The molecule has 31 heavy (non-hydrogen) atoms. The monoisotopic (exact) mass is 417 g/mol. The summed E-state index contributed by atoms with van der Waals surface area (Å²) in [6, 6.07) is 30.0. The van der Waals surface area contributed by atoms with Gasteiger partial charge in [-0.15, -0.1) is 0 Å². The van der Waals surface area contributed by atoms with Crippen molar-refractivity contribution in [2.45, 2.75) is 32.5 Å². The molecule has 0 aliphatic heterocycles. The lowest BCUT2D eigenvalue weighted by atomic mass is 10.0. The third-order valence-electron chi connectivity index (χ3n) is 5.26. The molecule has 2 atom stereocenters. The highest BCUT2D eigenvalue weighted by molar-refractivity contribution is 5.76. The van der Waals surface area contributed by atoms with Gasteiger partial charge in [0.2, 0.25) is 0 Å². The summed E-state index contributed by atoms with van der Waals surface area (Å²) in [5, 5.41) is 9.32. The van der Waals surface area contributed by atoms with Gasteiger partial charge < -0.3 is 9.84 Å². The molecule has 0 amide bonds. The fourth-order valence-electron chi connectivity index (χ4n) is 3.48. The van der Waals surface area contributed by atoms with Crippen LogP contribution in [0.15, 0.2) is 91.0 Å². The molecule has 0 spiro atoms. The van der Waals surface area contributed by atoms with E-state index in [9.17, 15) is 9.90 Å². The molecule has 1 unspecified atom stereocenters. The van der Waals surface area contributed by atoms with Gasteiger partial charge in [-0.25, -0.2) is 0 Å². The number of carbonyl (C=O) groups excluding carboxylic acids is 1. The number of hydrogen-bond donors (Lipinski definition) is 1. The molecule has 4 heteroatoms. The van der Waals surface area contributed by atoms with Crippen molar-refractivity contribution in [2.75, 3.05) is 13.2 Å².